The number of thiazole rings is 1. The number of fused-ring (bicyclic) bond motifs is 1. The molecule has 1 aromatic carbocycles. The van der Waals surface area contributed by atoms with Crippen LogP contribution in [-0.4, -0.2) is 71.6 Å². The molecular weight excluding hydrogens is 641 g/mol. The molecule has 2 heterocycles. The van der Waals surface area contributed by atoms with E-state index in [1.807, 2.05) is 30.3 Å². The van der Waals surface area contributed by atoms with E-state index in [9.17, 15) is 14.4 Å². The maximum absolute atomic E-state index is 14.1. The fourth-order valence-electron chi connectivity index (χ4n) is 6.91. The van der Waals surface area contributed by atoms with Crippen molar-refractivity contribution in [1.82, 2.24) is 20.2 Å². The molecule has 5 atom stereocenters. The van der Waals surface area contributed by atoms with Crippen molar-refractivity contribution in [3.05, 3.63) is 60.6 Å². The quantitative estimate of drug-likeness (QED) is 0.104. The number of amides is 2. The zero-order chi connectivity index (χ0) is 34.7. The standard InChI is InChI=1S/C38H46N4O6S/c1-6-9-10-11-16-42(4)36(44)30-20-27(19-29(30)33(43)41-38(21-25(38)7-2)37(45)47-8-3)48-34-28-15-14-26(46-5)17-24(28)18-31(39-34)35-40-32(22-49-35)23-12-13-23/h6-7,14-15,17-18,22-23,25,27,29-30H,1-2,8-13,16,19-21H2,3-5H3,(H,41,43)/t25-,27-,29-,30-,38-/m1/s1. The van der Waals surface area contributed by atoms with E-state index in [-0.39, 0.29) is 30.8 Å². The second-order valence-electron chi connectivity index (χ2n) is 13.4. The maximum Gasteiger partial charge on any atom is 0.332 e. The number of hydrogen-bond acceptors (Lipinski definition) is 9. The van der Waals surface area contributed by atoms with Gasteiger partial charge in [-0.1, -0.05) is 12.2 Å². The number of hydrogen-bond donors (Lipinski definition) is 1. The molecule has 1 N–H and O–H groups in total. The number of allylic oxidation sites excluding steroid dienone is 1. The number of unbranched alkanes of at least 4 members (excludes halogenated alkanes) is 2. The van der Waals surface area contributed by atoms with Crippen molar-refractivity contribution in [2.75, 3.05) is 27.3 Å². The van der Waals surface area contributed by atoms with Crippen molar-refractivity contribution in [1.29, 1.82) is 0 Å². The molecule has 3 saturated carbocycles. The van der Waals surface area contributed by atoms with E-state index in [0.29, 0.717) is 42.6 Å². The molecular formula is C38H46N4O6S. The first-order valence-electron chi connectivity index (χ1n) is 17.3. The van der Waals surface area contributed by atoms with Gasteiger partial charge in [0.1, 0.15) is 28.1 Å². The predicted molar refractivity (Wildman–Crippen MR) is 190 cm³/mol. The third-order valence-corrected chi connectivity index (χ3v) is 10.9. The lowest BCUT2D eigenvalue weighted by Gasteiger charge is -2.26. The van der Waals surface area contributed by atoms with Gasteiger partial charge in [-0.25, -0.2) is 14.8 Å². The summed E-state index contributed by atoms with van der Waals surface area (Å²) in [4.78, 5) is 52.6. The van der Waals surface area contributed by atoms with Crippen LogP contribution in [0.4, 0.5) is 0 Å². The molecule has 0 bridgehead atoms. The predicted octanol–water partition coefficient (Wildman–Crippen LogP) is 6.46. The normalized spacial score (nSPS) is 24.2. The zero-order valence-electron chi connectivity index (χ0n) is 28.6. The van der Waals surface area contributed by atoms with E-state index < -0.39 is 29.4 Å². The molecule has 3 fully saturated rings. The number of carbonyl (C=O) groups excluding carboxylic acids is 3. The second-order valence-corrected chi connectivity index (χ2v) is 14.3. The minimum Gasteiger partial charge on any atom is -0.497 e. The Balaban J connectivity index is 1.28. The number of nitrogens with zero attached hydrogens (tertiary/aromatic N) is 3. The van der Waals surface area contributed by atoms with Gasteiger partial charge in [0, 0.05) is 36.2 Å². The Kier molecular flexibility index (Phi) is 10.4. The molecule has 260 valence electrons. The summed E-state index contributed by atoms with van der Waals surface area (Å²) in [6.45, 7) is 10.1. The Morgan fingerprint density at radius 3 is 2.61 bits per heavy atom. The molecule has 49 heavy (non-hydrogen) atoms. The van der Waals surface area contributed by atoms with Gasteiger partial charge in [-0.15, -0.1) is 24.5 Å². The van der Waals surface area contributed by atoms with Gasteiger partial charge in [0.2, 0.25) is 17.7 Å². The van der Waals surface area contributed by atoms with E-state index in [2.05, 4.69) is 23.9 Å². The number of pyridine rings is 1. The van der Waals surface area contributed by atoms with E-state index in [0.717, 1.165) is 53.6 Å². The first-order valence-corrected chi connectivity index (χ1v) is 18.2. The highest BCUT2D eigenvalue weighted by Crippen LogP contribution is 2.47. The van der Waals surface area contributed by atoms with Gasteiger partial charge in [-0.3, -0.25) is 9.59 Å². The molecule has 0 spiro atoms. The average Bonchev–Trinajstić information content (AvgIpc) is 3.98. The first kappa shape index (κ1) is 34.6. The van der Waals surface area contributed by atoms with Gasteiger partial charge in [-0.05, 0) is 87.9 Å². The number of ether oxygens (including phenoxy) is 3. The van der Waals surface area contributed by atoms with Crippen molar-refractivity contribution < 1.29 is 28.6 Å². The van der Waals surface area contributed by atoms with Crippen molar-refractivity contribution in [2.24, 2.45) is 17.8 Å². The highest BCUT2D eigenvalue weighted by Gasteiger charge is 2.62. The van der Waals surface area contributed by atoms with Gasteiger partial charge >= 0.3 is 5.97 Å². The summed E-state index contributed by atoms with van der Waals surface area (Å²) in [6, 6.07) is 7.73. The van der Waals surface area contributed by atoms with Crippen LogP contribution in [0.5, 0.6) is 11.6 Å². The lowest BCUT2D eigenvalue weighted by molar-refractivity contribution is -0.150. The third-order valence-electron chi connectivity index (χ3n) is 10.0. The Morgan fingerprint density at radius 2 is 1.92 bits per heavy atom. The topological polar surface area (TPSA) is 120 Å². The van der Waals surface area contributed by atoms with E-state index in [4.69, 9.17) is 24.2 Å². The molecule has 3 aliphatic carbocycles. The molecule has 10 nitrogen and oxygen atoms in total. The summed E-state index contributed by atoms with van der Waals surface area (Å²) in [5, 5.41) is 7.61. The molecule has 0 radical (unpaired) electrons. The molecule has 11 heteroatoms. The smallest absolute Gasteiger partial charge is 0.332 e. The number of carbonyl (C=O) groups is 3. The molecule has 3 aliphatic rings. The largest absolute Gasteiger partial charge is 0.497 e. The van der Waals surface area contributed by atoms with Crippen LogP contribution < -0.4 is 14.8 Å². The number of methoxy groups -OCH3 is 1. The molecule has 3 aromatic rings. The van der Waals surface area contributed by atoms with Gasteiger partial charge in [-0.2, -0.15) is 0 Å². The molecule has 0 unspecified atom stereocenters. The SMILES string of the molecule is C=CCCCCN(C)C(=O)[C@@H]1C[C@H](Oc2nc(-c3nc(C4CC4)cs3)cc3cc(OC)ccc23)C[C@H]1C(=O)N[C@]1(C(=O)OCC)C[C@H]1C=C. The monoisotopic (exact) mass is 686 g/mol. The molecule has 2 aromatic heterocycles. The second kappa shape index (κ2) is 14.7. The van der Waals surface area contributed by atoms with Crippen LogP contribution in [0.1, 0.15) is 69.9 Å². The highest BCUT2D eigenvalue weighted by atomic mass is 32.1. The third kappa shape index (κ3) is 7.37. The van der Waals surface area contributed by atoms with E-state index >= 15 is 0 Å². The Hall–Kier alpha value is -4.25. The number of rotatable bonds is 16. The summed E-state index contributed by atoms with van der Waals surface area (Å²) in [7, 11) is 3.41. The van der Waals surface area contributed by atoms with Gasteiger partial charge in [0.25, 0.3) is 0 Å². The minimum atomic E-state index is -1.16. The summed E-state index contributed by atoms with van der Waals surface area (Å²) in [5.41, 5.74) is 0.646. The van der Waals surface area contributed by atoms with Gasteiger partial charge in [0.05, 0.1) is 31.2 Å². The van der Waals surface area contributed by atoms with Crippen LogP contribution in [0.2, 0.25) is 0 Å². The number of nitrogens with one attached hydrogen (secondary N) is 1. The van der Waals surface area contributed by atoms with Gasteiger partial charge < -0.3 is 24.4 Å². The number of esters is 1. The highest BCUT2D eigenvalue weighted by molar-refractivity contribution is 7.13. The van der Waals surface area contributed by atoms with Crippen molar-refractivity contribution in [2.45, 2.75) is 75.9 Å². The van der Waals surface area contributed by atoms with Crippen LogP contribution in [0.25, 0.3) is 21.5 Å². The van der Waals surface area contributed by atoms with Crippen LogP contribution in [0.15, 0.2) is 55.0 Å². The minimum absolute atomic E-state index is 0.113. The van der Waals surface area contributed by atoms with E-state index in [1.54, 1.807) is 43.4 Å². The first-order chi connectivity index (χ1) is 23.7. The fraction of sp³-hybridized carbons (Fsp3) is 0.500. The fourth-order valence-corrected chi connectivity index (χ4v) is 7.78. The molecule has 0 aliphatic heterocycles. The molecule has 2 amide bonds. The van der Waals surface area contributed by atoms with Crippen molar-refractivity contribution in [3.8, 4) is 22.3 Å². The molecule has 0 saturated heterocycles. The number of benzene rings is 1. The van der Waals surface area contributed by atoms with Crippen LogP contribution in [0, 0.1) is 17.8 Å². The zero-order valence-corrected chi connectivity index (χ0v) is 29.4. The van der Waals surface area contributed by atoms with Crippen molar-refractivity contribution in [3.63, 3.8) is 0 Å². The lowest BCUT2D eigenvalue weighted by atomic mass is 9.93. The summed E-state index contributed by atoms with van der Waals surface area (Å²) in [5.74, 6) is -0.858. The molecule has 6 rings (SSSR count). The summed E-state index contributed by atoms with van der Waals surface area (Å²) in [6.07, 6.45) is 9.06. The van der Waals surface area contributed by atoms with Gasteiger partial charge in [0.15, 0.2) is 0 Å². The average molecular weight is 687 g/mol. The Morgan fingerprint density at radius 1 is 1.12 bits per heavy atom. The summed E-state index contributed by atoms with van der Waals surface area (Å²) >= 11 is 1.57. The summed E-state index contributed by atoms with van der Waals surface area (Å²) < 4.78 is 17.5. The van der Waals surface area contributed by atoms with Crippen molar-refractivity contribution >= 4 is 39.9 Å². The van der Waals surface area contributed by atoms with E-state index in [1.165, 1.54) is 0 Å². The lowest BCUT2D eigenvalue weighted by Crippen LogP contribution is -2.50. The van der Waals surface area contributed by atoms with Crippen LogP contribution >= 0.6 is 11.3 Å². The number of aromatic nitrogens is 2. The maximum atomic E-state index is 14.1. The van der Waals surface area contributed by atoms with Crippen LogP contribution in [0.3, 0.4) is 0 Å². The Bertz CT molecular complexity index is 1740. The Labute approximate surface area is 291 Å². The van der Waals surface area contributed by atoms with Crippen LogP contribution in [-0.2, 0) is 19.1 Å².